The molecular formula is C12H14ClFN2O3. The van der Waals surface area contributed by atoms with Crippen molar-refractivity contribution < 1.29 is 19.1 Å². The molecule has 1 amide bonds. The van der Waals surface area contributed by atoms with E-state index in [1.165, 1.54) is 26.0 Å². The van der Waals surface area contributed by atoms with E-state index in [0.29, 0.717) is 5.69 Å². The second kappa shape index (κ2) is 5.99. The van der Waals surface area contributed by atoms with Gasteiger partial charge in [-0.25, -0.2) is 4.39 Å². The maximum Gasteiger partial charge on any atom is 0.323 e. The Hall–Kier alpha value is -1.66. The van der Waals surface area contributed by atoms with Gasteiger partial charge in [-0.2, -0.15) is 0 Å². The van der Waals surface area contributed by atoms with E-state index in [1.807, 2.05) is 0 Å². The first-order valence-electron chi connectivity index (χ1n) is 5.45. The summed E-state index contributed by atoms with van der Waals surface area (Å²) in [5.74, 6) is -2.09. The number of benzene rings is 1. The van der Waals surface area contributed by atoms with E-state index in [-0.39, 0.29) is 11.6 Å². The maximum absolute atomic E-state index is 12.9. The molecule has 0 atom stereocenters. The molecule has 1 rings (SSSR count). The topological polar surface area (TPSA) is 78.4 Å². The summed E-state index contributed by atoms with van der Waals surface area (Å²) in [5, 5.41) is 13.8. The van der Waals surface area contributed by atoms with Crippen LogP contribution in [0, 0.1) is 5.82 Å². The van der Waals surface area contributed by atoms with Crippen LogP contribution in [0.25, 0.3) is 0 Å². The van der Waals surface area contributed by atoms with Crippen LogP contribution in [0.3, 0.4) is 0 Å². The number of carbonyl (C=O) groups excluding carboxylic acids is 1. The van der Waals surface area contributed by atoms with Crippen molar-refractivity contribution in [1.29, 1.82) is 0 Å². The fourth-order valence-corrected chi connectivity index (χ4v) is 1.34. The Morgan fingerprint density at radius 2 is 2.05 bits per heavy atom. The van der Waals surface area contributed by atoms with Gasteiger partial charge in [0, 0.05) is 5.69 Å². The molecule has 0 bridgehead atoms. The van der Waals surface area contributed by atoms with Gasteiger partial charge in [-0.1, -0.05) is 11.6 Å². The number of rotatable bonds is 5. The van der Waals surface area contributed by atoms with Crippen molar-refractivity contribution in [2.45, 2.75) is 19.4 Å². The molecule has 0 aliphatic rings. The molecule has 0 spiro atoms. The summed E-state index contributed by atoms with van der Waals surface area (Å²) >= 11 is 5.57. The third-order valence-corrected chi connectivity index (χ3v) is 2.72. The maximum atomic E-state index is 12.9. The Labute approximate surface area is 114 Å². The Bertz CT molecular complexity index is 506. The van der Waals surface area contributed by atoms with Crippen LogP contribution >= 0.6 is 11.6 Å². The zero-order valence-electron chi connectivity index (χ0n) is 10.5. The molecule has 0 aromatic heterocycles. The highest BCUT2D eigenvalue weighted by Gasteiger charge is 2.26. The highest BCUT2D eigenvalue weighted by Crippen LogP contribution is 2.19. The van der Waals surface area contributed by atoms with Gasteiger partial charge in [0.2, 0.25) is 5.91 Å². The third kappa shape index (κ3) is 4.50. The van der Waals surface area contributed by atoms with Crippen LogP contribution in [-0.4, -0.2) is 29.1 Å². The minimum atomic E-state index is -1.21. The van der Waals surface area contributed by atoms with Gasteiger partial charge in [0.25, 0.3) is 0 Å². The molecule has 1 aromatic rings. The minimum Gasteiger partial charge on any atom is -0.480 e. The summed E-state index contributed by atoms with van der Waals surface area (Å²) in [6, 6.07) is 3.77. The number of anilines is 1. The van der Waals surface area contributed by atoms with Crippen LogP contribution in [0.2, 0.25) is 5.02 Å². The number of hydrogen-bond acceptors (Lipinski definition) is 3. The lowest BCUT2D eigenvalue weighted by Gasteiger charge is -2.20. The average Bonchev–Trinajstić information content (AvgIpc) is 2.31. The second-order valence-corrected chi connectivity index (χ2v) is 4.87. The van der Waals surface area contributed by atoms with Crippen LogP contribution in [-0.2, 0) is 9.59 Å². The first kappa shape index (κ1) is 15.4. The van der Waals surface area contributed by atoms with Crippen LogP contribution < -0.4 is 10.6 Å². The predicted octanol–water partition coefficient (Wildman–Crippen LogP) is 1.87. The zero-order valence-corrected chi connectivity index (χ0v) is 11.2. The monoisotopic (exact) mass is 288 g/mol. The van der Waals surface area contributed by atoms with Crippen molar-refractivity contribution in [2.75, 3.05) is 11.9 Å². The number of halogens is 2. The number of aliphatic carboxylic acids is 1. The Kier molecular flexibility index (Phi) is 4.85. The van der Waals surface area contributed by atoms with E-state index >= 15 is 0 Å². The molecule has 5 nitrogen and oxygen atoms in total. The summed E-state index contributed by atoms with van der Waals surface area (Å²) in [6.07, 6.45) is 0. The lowest BCUT2D eigenvalue weighted by Crippen LogP contribution is -2.49. The summed E-state index contributed by atoms with van der Waals surface area (Å²) in [5.41, 5.74) is -0.871. The number of carboxylic acid groups (broad SMARTS) is 1. The SMILES string of the molecule is CC(C)(NCC(=O)Nc1ccc(F)c(Cl)c1)C(=O)O. The molecule has 7 heteroatoms. The van der Waals surface area contributed by atoms with E-state index < -0.39 is 23.2 Å². The van der Waals surface area contributed by atoms with E-state index in [9.17, 15) is 14.0 Å². The molecule has 1 aromatic carbocycles. The van der Waals surface area contributed by atoms with Gasteiger partial charge in [0.1, 0.15) is 11.4 Å². The van der Waals surface area contributed by atoms with Crippen LogP contribution in [0.15, 0.2) is 18.2 Å². The van der Waals surface area contributed by atoms with E-state index in [4.69, 9.17) is 16.7 Å². The van der Waals surface area contributed by atoms with Gasteiger partial charge < -0.3 is 10.4 Å². The first-order valence-corrected chi connectivity index (χ1v) is 5.83. The number of carbonyl (C=O) groups is 2. The lowest BCUT2D eigenvalue weighted by molar-refractivity contribution is -0.143. The Morgan fingerprint density at radius 1 is 1.42 bits per heavy atom. The first-order chi connectivity index (χ1) is 8.72. The highest BCUT2D eigenvalue weighted by molar-refractivity contribution is 6.31. The van der Waals surface area contributed by atoms with Crippen LogP contribution in [0.1, 0.15) is 13.8 Å². The van der Waals surface area contributed by atoms with Crippen molar-refractivity contribution in [3.63, 3.8) is 0 Å². The molecule has 3 N–H and O–H groups in total. The van der Waals surface area contributed by atoms with E-state index in [2.05, 4.69) is 10.6 Å². The smallest absolute Gasteiger partial charge is 0.323 e. The number of amides is 1. The standard InChI is InChI=1S/C12H14ClFN2O3/c1-12(2,11(18)19)15-6-10(17)16-7-3-4-9(14)8(13)5-7/h3-5,15H,6H2,1-2H3,(H,16,17)(H,18,19). The molecule has 0 saturated heterocycles. The van der Waals surface area contributed by atoms with Gasteiger partial charge in [-0.3, -0.25) is 14.9 Å². The second-order valence-electron chi connectivity index (χ2n) is 4.46. The zero-order chi connectivity index (χ0) is 14.6. The molecule has 0 unspecified atom stereocenters. The van der Waals surface area contributed by atoms with Gasteiger partial charge in [0.15, 0.2) is 0 Å². The number of carboxylic acids is 1. The summed E-state index contributed by atoms with van der Waals surface area (Å²) < 4.78 is 12.9. The molecule has 0 saturated carbocycles. The summed E-state index contributed by atoms with van der Waals surface area (Å²) in [6.45, 7) is 2.70. The van der Waals surface area contributed by atoms with Crippen LogP contribution in [0.4, 0.5) is 10.1 Å². The summed E-state index contributed by atoms with van der Waals surface area (Å²) in [7, 11) is 0. The van der Waals surface area contributed by atoms with Crippen molar-refractivity contribution in [2.24, 2.45) is 0 Å². The number of nitrogens with one attached hydrogen (secondary N) is 2. The van der Waals surface area contributed by atoms with Gasteiger partial charge in [-0.05, 0) is 32.0 Å². The van der Waals surface area contributed by atoms with Gasteiger partial charge >= 0.3 is 5.97 Å². The van der Waals surface area contributed by atoms with Crippen molar-refractivity contribution in [3.05, 3.63) is 29.0 Å². The molecule has 0 aliphatic carbocycles. The third-order valence-electron chi connectivity index (χ3n) is 2.43. The molecule has 0 heterocycles. The minimum absolute atomic E-state index is 0.100. The van der Waals surface area contributed by atoms with Crippen molar-refractivity contribution in [1.82, 2.24) is 5.32 Å². The van der Waals surface area contributed by atoms with E-state index in [0.717, 1.165) is 6.07 Å². The van der Waals surface area contributed by atoms with E-state index in [1.54, 1.807) is 0 Å². The fourth-order valence-electron chi connectivity index (χ4n) is 1.16. The molecule has 0 aliphatic heterocycles. The van der Waals surface area contributed by atoms with Gasteiger partial charge in [-0.15, -0.1) is 0 Å². The lowest BCUT2D eigenvalue weighted by atomic mass is 10.1. The molecular weight excluding hydrogens is 275 g/mol. The molecule has 0 fully saturated rings. The normalized spacial score (nSPS) is 11.2. The largest absolute Gasteiger partial charge is 0.480 e. The highest BCUT2D eigenvalue weighted by atomic mass is 35.5. The Balaban J connectivity index is 2.56. The quantitative estimate of drug-likeness (QED) is 0.773. The Morgan fingerprint density at radius 3 is 2.58 bits per heavy atom. The molecule has 19 heavy (non-hydrogen) atoms. The van der Waals surface area contributed by atoms with Crippen molar-refractivity contribution in [3.8, 4) is 0 Å². The summed E-state index contributed by atoms with van der Waals surface area (Å²) in [4.78, 5) is 22.4. The van der Waals surface area contributed by atoms with Crippen LogP contribution in [0.5, 0.6) is 0 Å². The predicted molar refractivity (Wildman–Crippen MR) is 69.8 cm³/mol. The van der Waals surface area contributed by atoms with Gasteiger partial charge in [0.05, 0.1) is 11.6 Å². The van der Waals surface area contributed by atoms with Crippen molar-refractivity contribution >= 4 is 29.2 Å². The number of hydrogen-bond donors (Lipinski definition) is 3. The molecule has 104 valence electrons. The molecule has 0 radical (unpaired) electrons. The fraction of sp³-hybridized carbons (Fsp3) is 0.333. The average molecular weight is 289 g/mol.